The van der Waals surface area contributed by atoms with Gasteiger partial charge < -0.3 is 5.73 Å². The zero-order valence-corrected chi connectivity index (χ0v) is 12.2. The van der Waals surface area contributed by atoms with Gasteiger partial charge in [-0.15, -0.1) is 0 Å². The summed E-state index contributed by atoms with van der Waals surface area (Å²) in [6.07, 6.45) is 0. The van der Waals surface area contributed by atoms with Crippen LogP contribution >= 0.6 is 15.9 Å². The highest BCUT2D eigenvalue weighted by Gasteiger charge is 2.15. The van der Waals surface area contributed by atoms with E-state index in [2.05, 4.69) is 15.9 Å². The van der Waals surface area contributed by atoms with Gasteiger partial charge in [0.05, 0.1) is 15.1 Å². The molecule has 0 atom stereocenters. The summed E-state index contributed by atoms with van der Waals surface area (Å²) in [5.74, 6) is -0.607. The molecule has 0 heterocycles. The highest BCUT2D eigenvalue weighted by molar-refractivity contribution is 9.10. The van der Waals surface area contributed by atoms with Crippen molar-refractivity contribution in [3.05, 3.63) is 58.3 Å². The van der Waals surface area contributed by atoms with Crippen LogP contribution in [0, 0.1) is 5.82 Å². The smallest absolute Gasteiger partial charge is 0.182 e. The van der Waals surface area contributed by atoms with Gasteiger partial charge in [0.25, 0.3) is 0 Å². The molecule has 0 fully saturated rings. The average molecular weight is 344 g/mol. The zero-order chi connectivity index (χ0) is 14.0. The van der Waals surface area contributed by atoms with Gasteiger partial charge in [-0.05, 0) is 57.9 Å². The van der Waals surface area contributed by atoms with Crippen molar-refractivity contribution < 1.29 is 12.8 Å². The van der Waals surface area contributed by atoms with Crippen LogP contribution in [0.1, 0.15) is 5.56 Å². The Hall–Kier alpha value is -1.40. The minimum Gasteiger partial charge on any atom is -0.399 e. The number of nitrogen functional groups attached to an aromatic ring is 1. The van der Waals surface area contributed by atoms with Crippen LogP contribution in [0.4, 0.5) is 10.1 Å². The van der Waals surface area contributed by atoms with E-state index >= 15 is 0 Å². The van der Waals surface area contributed by atoms with Crippen LogP contribution in [0.15, 0.2) is 51.8 Å². The van der Waals surface area contributed by atoms with E-state index in [1.165, 1.54) is 42.5 Å². The summed E-state index contributed by atoms with van der Waals surface area (Å²) in [6, 6.07) is 10.1. The summed E-state index contributed by atoms with van der Waals surface area (Å²) in [7, 11) is -3.46. The zero-order valence-electron chi connectivity index (χ0n) is 9.81. The molecule has 0 aliphatic carbocycles. The Morgan fingerprint density at radius 2 is 1.74 bits per heavy atom. The van der Waals surface area contributed by atoms with E-state index in [0.29, 0.717) is 11.3 Å². The van der Waals surface area contributed by atoms with E-state index in [0.717, 1.165) is 0 Å². The van der Waals surface area contributed by atoms with Crippen molar-refractivity contribution in [2.75, 3.05) is 5.73 Å². The first-order valence-electron chi connectivity index (χ1n) is 5.41. The lowest BCUT2D eigenvalue weighted by Gasteiger charge is -2.06. The van der Waals surface area contributed by atoms with Crippen LogP contribution in [0.5, 0.6) is 0 Å². The van der Waals surface area contributed by atoms with Crippen molar-refractivity contribution in [1.29, 1.82) is 0 Å². The first-order chi connectivity index (χ1) is 8.88. The van der Waals surface area contributed by atoms with Crippen LogP contribution in [-0.4, -0.2) is 8.42 Å². The van der Waals surface area contributed by atoms with Crippen molar-refractivity contribution in [1.82, 2.24) is 0 Å². The molecule has 0 radical (unpaired) electrons. The number of anilines is 1. The van der Waals surface area contributed by atoms with Gasteiger partial charge in [-0.25, -0.2) is 12.8 Å². The SMILES string of the molecule is Nc1ccc(S(=O)(=O)Cc2ccc(F)c(Br)c2)cc1. The van der Waals surface area contributed by atoms with Crippen LogP contribution in [0.25, 0.3) is 0 Å². The van der Waals surface area contributed by atoms with Gasteiger partial charge in [0.15, 0.2) is 9.84 Å². The maximum absolute atomic E-state index is 13.1. The number of benzene rings is 2. The monoisotopic (exact) mass is 343 g/mol. The standard InChI is InChI=1S/C13H11BrFNO2S/c14-12-7-9(1-6-13(12)15)8-19(17,18)11-4-2-10(16)3-5-11/h1-7H,8,16H2. The van der Waals surface area contributed by atoms with E-state index in [-0.39, 0.29) is 15.1 Å². The van der Waals surface area contributed by atoms with Crippen molar-refractivity contribution in [2.45, 2.75) is 10.6 Å². The lowest BCUT2D eigenvalue weighted by molar-refractivity contribution is 0.594. The molecule has 6 heteroatoms. The molecular formula is C13H11BrFNO2S. The summed E-state index contributed by atoms with van der Waals surface area (Å²) in [5, 5.41) is 0. The number of hydrogen-bond acceptors (Lipinski definition) is 3. The van der Waals surface area contributed by atoms with E-state index in [1.54, 1.807) is 0 Å². The Bertz CT molecular complexity index is 699. The maximum atomic E-state index is 13.1. The fraction of sp³-hybridized carbons (Fsp3) is 0.0769. The van der Waals surface area contributed by atoms with Gasteiger partial charge >= 0.3 is 0 Å². The van der Waals surface area contributed by atoms with Crippen molar-refractivity contribution in [3.8, 4) is 0 Å². The Morgan fingerprint density at radius 3 is 2.32 bits per heavy atom. The minimum absolute atomic E-state index is 0.185. The number of nitrogens with two attached hydrogens (primary N) is 1. The fourth-order valence-corrected chi connectivity index (χ4v) is 3.37. The molecular weight excluding hydrogens is 333 g/mol. The van der Waals surface area contributed by atoms with Crippen molar-refractivity contribution in [2.24, 2.45) is 0 Å². The predicted octanol–water partition coefficient (Wildman–Crippen LogP) is 3.14. The van der Waals surface area contributed by atoms with Crippen LogP contribution in [-0.2, 0) is 15.6 Å². The molecule has 2 rings (SSSR count). The fourth-order valence-electron chi connectivity index (χ4n) is 1.61. The molecule has 2 aromatic carbocycles. The summed E-state index contributed by atoms with van der Waals surface area (Å²) >= 11 is 3.03. The first kappa shape index (κ1) is 14.0. The van der Waals surface area contributed by atoms with E-state index in [1.807, 2.05) is 0 Å². The molecule has 0 spiro atoms. The van der Waals surface area contributed by atoms with Gasteiger partial charge in [0.1, 0.15) is 5.82 Å². The summed E-state index contributed by atoms with van der Waals surface area (Å²) < 4.78 is 37.7. The van der Waals surface area contributed by atoms with Gasteiger partial charge in [0, 0.05) is 5.69 Å². The van der Waals surface area contributed by atoms with Gasteiger partial charge in [0.2, 0.25) is 0 Å². The molecule has 2 N–H and O–H groups in total. The molecule has 0 bridgehead atoms. The van der Waals surface area contributed by atoms with Crippen LogP contribution in [0.2, 0.25) is 0 Å². The lowest BCUT2D eigenvalue weighted by atomic mass is 10.2. The largest absolute Gasteiger partial charge is 0.399 e. The molecule has 0 aromatic heterocycles. The summed E-state index contributed by atoms with van der Waals surface area (Å²) in [4.78, 5) is 0.196. The average Bonchev–Trinajstić information content (AvgIpc) is 2.34. The molecule has 2 aromatic rings. The number of halogens is 2. The molecule has 0 aliphatic rings. The Labute approximate surface area is 119 Å². The van der Waals surface area contributed by atoms with Crippen LogP contribution < -0.4 is 5.73 Å². The molecule has 0 unspecified atom stereocenters. The quantitative estimate of drug-likeness (QED) is 0.871. The third kappa shape index (κ3) is 3.33. The summed E-state index contributed by atoms with van der Waals surface area (Å²) in [6.45, 7) is 0. The highest BCUT2D eigenvalue weighted by Crippen LogP contribution is 2.21. The van der Waals surface area contributed by atoms with Crippen molar-refractivity contribution >= 4 is 31.5 Å². The maximum Gasteiger partial charge on any atom is 0.182 e. The van der Waals surface area contributed by atoms with Gasteiger partial charge in [-0.2, -0.15) is 0 Å². The Morgan fingerprint density at radius 1 is 1.11 bits per heavy atom. The first-order valence-corrected chi connectivity index (χ1v) is 7.85. The molecule has 19 heavy (non-hydrogen) atoms. The Kier molecular flexibility index (Phi) is 3.91. The van der Waals surface area contributed by atoms with E-state index in [9.17, 15) is 12.8 Å². The van der Waals surface area contributed by atoms with Gasteiger partial charge in [-0.3, -0.25) is 0 Å². The highest BCUT2D eigenvalue weighted by atomic mass is 79.9. The van der Waals surface area contributed by atoms with E-state index in [4.69, 9.17) is 5.73 Å². The number of sulfone groups is 1. The molecule has 100 valence electrons. The van der Waals surface area contributed by atoms with E-state index < -0.39 is 15.7 Å². The topological polar surface area (TPSA) is 60.2 Å². The van der Waals surface area contributed by atoms with Crippen molar-refractivity contribution in [3.63, 3.8) is 0 Å². The molecule has 3 nitrogen and oxygen atoms in total. The Balaban J connectivity index is 2.30. The molecule has 0 aliphatic heterocycles. The summed E-state index contributed by atoms with van der Waals surface area (Å²) in [5.41, 5.74) is 6.54. The second kappa shape index (κ2) is 5.30. The minimum atomic E-state index is -3.46. The lowest BCUT2D eigenvalue weighted by Crippen LogP contribution is -2.05. The predicted molar refractivity (Wildman–Crippen MR) is 75.8 cm³/mol. The molecule has 0 amide bonds. The third-order valence-corrected chi connectivity index (χ3v) is 4.89. The number of hydrogen-bond donors (Lipinski definition) is 1. The number of rotatable bonds is 3. The van der Waals surface area contributed by atoms with Gasteiger partial charge in [-0.1, -0.05) is 6.07 Å². The second-order valence-electron chi connectivity index (χ2n) is 4.08. The second-order valence-corrected chi connectivity index (χ2v) is 6.92. The van der Waals surface area contributed by atoms with Crippen LogP contribution in [0.3, 0.4) is 0 Å². The molecule has 0 saturated heterocycles. The normalized spacial score (nSPS) is 11.5. The molecule has 0 saturated carbocycles. The third-order valence-electron chi connectivity index (χ3n) is 2.58.